The van der Waals surface area contributed by atoms with E-state index in [4.69, 9.17) is 15.1 Å². The maximum Gasteiger partial charge on any atom is 0.318 e. The number of amides is 3. The van der Waals surface area contributed by atoms with Crippen LogP contribution in [-0.4, -0.2) is 61.9 Å². The van der Waals surface area contributed by atoms with Gasteiger partial charge in [-0.2, -0.15) is 0 Å². The van der Waals surface area contributed by atoms with Crippen LogP contribution in [0.3, 0.4) is 0 Å². The fourth-order valence-corrected chi connectivity index (χ4v) is 7.23. The number of hydrogen-bond donors (Lipinski definition) is 2. The fraction of sp³-hybridized carbons (Fsp3) is 0.433. The van der Waals surface area contributed by atoms with E-state index >= 15 is 0 Å². The van der Waals surface area contributed by atoms with Gasteiger partial charge in [0.15, 0.2) is 0 Å². The molecule has 0 radical (unpaired) electrons. The number of urea groups is 1. The lowest BCUT2D eigenvalue weighted by Gasteiger charge is -2.34. The number of carbonyl (C=O) groups is 2. The largest absolute Gasteiger partial charge is 0.461 e. The summed E-state index contributed by atoms with van der Waals surface area (Å²) in [5.74, 6) is 1.19. The van der Waals surface area contributed by atoms with Gasteiger partial charge in [-0.25, -0.2) is 17.5 Å². The number of nitrogens with zero attached hydrogens (tertiary/aromatic N) is 3. The van der Waals surface area contributed by atoms with Crippen molar-refractivity contribution < 1.29 is 22.4 Å². The van der Waals surface area contributed by atoms with E-state index in [1.165, 1.54) is 9.21 Å². The van der Waals surface area contributed by atoms with Crippen LogP contribution < -0.4 is 16.0 Å². The van der Waals surface area contributed by atoms with Crippen molar-refractivity contribution in [1.29, 1.82) is 0 Å². The highest BCUT2D eigenvalue weighted by molar-refractivity contribution is 7.89. The molecule has 2 aromatic carbocycles. The van der Waals surface area contributed by atoms with E-state index < -0.39 is 21.6 Å². The lowest BCUT2D eigenvalue weighted by atomic mass is 9.89. The predicted molar refractivity (Wildman–Crippen MR) is 160 cm³/mol. The number of fused-ring (bicyclic) bond motifs is 1. The van der Waals surface area contributed by atoms with Crippen LogP contribution in [0.25, 0.3) is 11.0 Å². The summed E-state index contributed by atoms with van der Waals surface area (Å²) >= 11 is 0. The van der Waals surface area contributed by atoms with Gasteiger partial charge in [0.05, 0.1) is 5.75 Å². The maximum absolute atomic E-state index is 13.3. The fourth-order valence-electron chi connectivity index (χ4n) is 5.78. The molecule has 0 bridgehead atoms. The summed E-state index contributed by atoms with van der Waals surface area (Å²) in [5, 5.41) is 3.94. The van der Waals surface area contributed by atoms with Crippen LogP contribution in [0.15, 0.2) is 45.8 Å². The number of furan rings is 1. The van der Waals surface area contributed by atoms with E-state index in [9.17, 15) is 18.0 Å². The molecule has 218 valence electrons. The summed E-state index contributed by atoms with van der Waals surface area (Å²) in [6.45, 7) is 6.36. The third-order valence-electron chi connectivity index (χ3n) is 8.27. The summed E-state index contributed by atoms with van der Waals surface area (Å²) in [6, 6.07) is 10.9. The van der Waals surface area contributed by atoms with Crippen LogP contribution in [0.5, 0.6) is 0 Å². The first kappa shape index (κ1) is 28.8. The van der Waals surface area contributed by atoms with E-state index in [1.807, 2.05) is 50.2 Å². The molecule has 3 heterocycles. The van der Waals surface area contributed by atoms with E-state index in [0.717, 1.165) is 51.8 Å². The third kappa shape index (κ3) is 5.60. The second-order valence-corrected chi connectivity index (χ2v) is 13.2. The molecule has 3 amide bonds. The molecule has 0 aliphatic carbocycles. The quantitative estimate of drug-likeness (QED) is 0.418. The first-order valence-electron chi connectivity index (χ1n) is 14.0. The van der Waals surface area contributed by atoms with Gasteiger partial charge >= 0.3 is 6.03 Å². The Morgan fingerprint density at radius 2 is 1.80 bits per heavy atom. The Morgan fingerprint density at radius 3 is 2.44 bits per heavy atom. The molecule has 1 fully saturated rings. The summed E-state index contributed by atoms with van der Waals surface area (Å²) in [5.41, 5.74) is 9.35. The third-order valence-corrected chi connectivity index (χ3v) is 10.1. The average molecular weight is 580 g/mol. The van der Waals surface area contributed by atoms with Gasteiger partial charge in [0.2, 0.25) is 10.0 Å². The number of hydrogen-bond acceptors (Lipinski definition) is 6. The number of sulfonamides is 1. The number of benzene rings is 2. The zero-order valence-electron chi connectivity index (χ0n) is 24.0. The van der Waals surface area contributed by atoms with Crippen molar-refractivity contribution >= 4 is 44.5 Å². The molecule has 1 spiro atoms. The van der Waals surface area contributed by atoms with Gasteiger partial charge in [0, 0.05) is 43.2 Å². The van der Waals surface area contributed by atoms with Crippen LogP contribution in [0.2, 0.25) is 0 Å². The molecule has 1 saturated heterocycles. The Bertz CT molecular complexity index is 1630. The number of carbonyl (C=O) groups excluding carboxylic acids is 2. The van der Waals surface area contributed by atoms with Crippen LogP contribution in [0, 0.1) is 13.8 Å². The van der Waals surface area contributed by atoms with Crippen molar-refractivity contribution in [2.75, 3.05) is 30.8 Å². The lowest BCUT2D eigenvalue weighted by molar-refractivity contribution is -0.124. The number of nitrogens with two attached hydrogens (primary N) is 1. The monoisotopic (exact) mass is 579 g/mol. The zero-order valence-corrected chi connectivity index (χ0v) is 24.8. The second kappa shape index (κ2) is 10.9. The van der Waals surface area contributed by atoms with Gasteiger partial charge < -0.3 is 15.5 Å². The van der Waals surface area contributed by atoms with Gasteiger partial charge in [0.1, 0.15) is 22.7 Å². The predicted octanol–water partition coefficient (Wildman–Crippen LogP) is 3.80. The highest BCUT2D eigenvalue weighted by Crippen LogP contribution is 2.33. The topological polar surface area (TPSA) is 138 Å². The first-order valence-corrected chi connectivity index (χ1v) is 15.6. The number of anilines is 1. The van der Waals surface area contributed by atoms with Gasteiger partial charge in [0.25, 0.3) is 5.91 Å². The van der Waals surface area contributed by atoms with Gasteiger partial charge in [-0.3, -0.25) is 14.7 Å². The Labute approximate surface area is 240 Å². The lowest BCUT2D eigenvalue weighted by Crippen LogP contribution is -2.50. The smallest absolute Gasteiger partial charge is 0.318 e. The van der Waals surface area contributed by atoms with Crippen LogP contribution >= 0.6 is 0 Å². The number of amidine groups is 1. The summed E-state index contributed by atoms with van der Waals surface area (Å²) in [4.78, 5) is 30.8. The van der Waals surface area contributed by atoms with Gasteiger partial charge in [-0.15, -0.1) is 0 Å². The molecular weight excluding hydrogens is 542 g/mol. The minimum absolute atomic E-state index is 0.0451. The highest BCUT2D eigenvalue weighted by Gasteiger charge is 2.47. The molecule has 2 aliphatic heterocycles. The molecule has 11 heteroatoms. The Morgan fingerprint density at radius 1 is 1.12 bits per heavy atom. The molecular formula is C30H37N5O5S. The maximum atomic E-state index is 13.3. The molecule has 41 heavy (non-hydrogen) atoms. The molecule has 5 rings (SSSR count). The van der Waals surface area contributed by atoms with Crippen molar-refractivity contribution in [3.8, 4) is 0 Å². The van der Waals surface area contributed by atoms with Crippen LogP contribution in [-0.2, 0) is 27.7 Å². The van der Waals surface area contributed by atoms with Crippen molar-refractivity contribution in [3.05, 3.63) is 64.4 Å². The number of nitrogens with one attached hydrogen (secondary N) is 1. The van der Waals surface area contributed by atoms with E-state index in [-0.39, 0.29) is 24.7 Å². The molecule has 10 nitrogen and oxygen atoms in total. The minimum Gasteiger partial charge on any atom is -0.461 e. The number of aliphatic imine (C=N–C) groups is 1. The Hall–Kier alpha value is -3.70. The Kier molecular flexibility index (Phi) is 7.69. The number of primary amides is 1. The van der Waals surface area contributed by atoms with E-state index in [2.05, 4.69) is 12.2 Å². The highest BCUT2D eigenvalue weighted by atomic mass is 32.2. The van der Waals surface area contributed by atoms with Crippen molar-refractivity contribution in [1.82, 2.24) is 9.62 Å². The van der Waals surface area contributed by atoms with Crippen LogP contribution in [0.4, 0.5) is 10.5 Å². The number of aryl methyl sites for hydroxylation is 3. The SMILES string of the molecule is CCCc1cc2ccc(C3=NC4(CCN(S(=O)(=O)CCc5c(C)cc(N(C)C(N)=O)cc5C)CC4)C(=O)N3)cc2o1. The zero-order chi connectivity index (χ0) is 29.5. The minimum atomic E-state index is -3.55. The molecule has 0 unspecified atom stereocenters. The molecule has 3 N–H and O–H groups in total. The number of rotatable bonds is 8. The van der Waals surface area contributed by atoms with Gasteiger partial charge in [-0.05, 0) is 80.5 Å². The number of piperidine rings is 1. The summed E-state index contributed by atoms with van der Waals surface area (Å²) in [6.07, 6.45) is 2.84. The van der Waals surface area contributed by atoms with Crippen LogP contribution in [0.1, 0.15) is 54.2 Å². The van der Waals surface area contributed by atoms with E-state index in [0.29, 0.717) is 30.8 Å². The summed E-state index contributed by atoms with van der Waals surface area (Å²) in [7, 11) is -1.96. The second-order valence-electron chi connectivity index (χ2n) is 11.1. The standard InChI is InChI=1S/C30H37N5O5S/c1-5-6-24-17-21-7-8-22(18-26(21)40-24)27-32-28(36)30(33-27)10-12-35(13-11-30)41(38,39)14-9-25-19(2)15-23(16-20(25)3)34(4)29(31)37/h7-8,15-18H,5-6,9-14H2,1-4H3,(H2,31,37)(H,32,33,36). The van der Waals surface area contributed by atoms with Crippen molar-refractivity contribution in [2.45, 2.75) is 58.4 Å². The Balaban J connectivity index is 1.26. The van der Waals surface area contributed by atoms with Crippen molar-refractivity contribution in [2.24, 2.45) is 10.7 Å². The van der Waals surface area contributed by atoms with Gasteiger partial charge in [-0.1, -0.05) is 19.1 Å². The normalized spacial score (nSPS) is 17.2. The molecule has 1 aromatic heterocycles. The average Bonchev–Trinajstić information content (AvgIpc) is 3.47. The van der Waals surface area contributed by atoms with E-state index in [1.54, 1.807) is 7.05 Å². The summed E-state index contributed by atoms with van der Waals surface area (Å²) < 4.78 is 34.0. The first-order chi connectivity index (χ1) is 19.4. The molecule has 0 saturated carbocycles. The molecule has 2 aliphatic rings. The molecule has 0 atom stereocenters. The van der Waals surface area contributed by atoms with Crippen molar-refractivity contribution in [3.63, 3.8) is 0 Å². The molecule has 3 aromatic rings.